The lowest BCUT2D eigenvalue weighted by molar-refractivity contribution is -0.137. The molecule has 0 aliphatic carbocycles. The van der Waals surface area contributed by atoms with Crippen LogP contribution >= 0.6 is 0 Å². The van der Waals surface area contributed by atoms with E-state index >= 15 is 0 Å². The molecule has 3 rings (SSSR count). The van der Waals surface area contributed by atoms with Gasteiger partial charge in [-0.2, -0.15) is 13.2 Å². The summed E-state index contributed by atoms with van der Waals surface area (Å²) in [5, 5.41) is 1.65. The maximum Gasteiger partial charge on any atom is 0.416 e. The Morgan fingerprint density at radius 2 is 1.64 bits per heavy atom. The van der Waals surface area contributed by atoms with Gasteiger partial charge in [0, 0.05) is 17.1 Å². The van der Waals surface area contributed by atoms with Crippen LogP contribution in [0, 0.1) is 0 Å². The Morgan fingerprint density at radius 3 is 2.41 bits per heavy atom. The fraction of sp³-hybridized carbons (Fsp3) is 0.0588. The van der Waals surface area contributed by atoms with E-state index in [0.717, 1.165) is 22.9 Å². The summed E-state index contributed by atoms with van der Waals surface area (Å²) in [4.78, 5) is 0. The molecule has 2 nitrogen and oxygen atoms in total. The van der Waals surface area contributed by atoms with Crippen molar-refractivity contribution in [2.75, 3.05) is 5.73 Å². The number of fused-ring (bicyclic) bond motifs is 1. The van der Waals surface area contributed by atoms with Gasteiger partial charge in [-0.15, -0.1) is 0 Å². The molecular weight excluding hydrogens is 291 g/mol. The minimum Gasteiger partial charge on any atom is -0.457 e. The second kappa shape index (κ2) is 5.26. The number of hydrogen-bond donors (Lipinski definition) is 1. The van der Waals surface area contributed by atoms with Gasteiger partial charge in [-0.25, -0.2) is 0 Å². The van der Waals surface area contributed by atoms with Crippen molar-refractivity contribution in [2.24, 2.45) is 0 Å². The smallest absolute Gasteiger partial charge is 0.416 e. The van der Waals surface area contributed by atoms with Crippen LogP contribution in [0.15, 0.2) is 60.7 Å². The van der Waals surface area contributed by atoms with Crippen molar-refractivity contribution in [1.82, 2.24) is 0 Å². The third-order valence-electron chi connectivity index (χ3n) is 3.24. The van der Waals surface area contributed by atoms with Crippen LogP contribution in [0.4, 0.5) is 18.9 Å². The number of ether oxygens (including phenoxy) is 1. The van der Waals surface area contributed by atoms with Crippen molar-refractivity contribution < 1.29 is 17.9 Å². The van der Waals surface area contributed by atoms with Gasteiger partial charge in [-0.1, -0.05) is 30.3 Å². The van der Waals surface area contributed by atoms with E-state index in [2.05, 4.69) is 0 Å². The maximum atomic E-state index is 12.7. The summed E-state index contributed by atoms with van der Waals surface area (Å²) in [6.45, 7) is 0. The zero-order chi connectivity index (χ0) is 15.7. The molecule has 0 amide bonds. The molecule has 0 saturated carbocycles. The Labute approximate surface area is 124 Å². The largest absolute Gasteiger partial charge is 0.457 e. The Hall–Kier alpha value is -2.69. The third kappa shape index (κ3) is 2.83. The van der Waals surface area contributed by atoms with E-state index in [9.17, 15) is 13.2 Å². The molecule has 0 atom stereocenters. The van der Waals surface area contributed by atoms with E-state index in [0.29, 0.717) is 11.4 Å². The molecule has 0 spiro atoms. The van der Waals surface area contributed by atoms with Gasteiger partial charge < -0.3 is 10.5 Å². The van der Waals surface area contributed by atoms with Gasteiger partial charge in [0.1, 0.15) is 11.5 Å². The summed E-state index contributed by atoms with van der Waals surface area (Å²) in [6.07, 6.45) is -4.41. The average molecular weight is 303 g/mol. The normalized spacial score (nSPS) is 11.6. The van der Waals surface area contributed by atoms with Gasteiger partial charge >= 0.3 is 6.18 Å². The lowest BCUT2D eigenvalue weighted by Gasteiger charge is -2.12. The summed E-state index contributed by atoms with van der Waals surface area (Å²) >= 11 is 0. The molecule has 0 aliphatic rings. The highest BCUT2D eigenvalue weighted by molar-refractivity contribution is 5.91. The van der Waals surface area contributed by atoms with E-state index in [-0.39, 0.29) is 5.75 Å². The van der Waals surface area contributed by atoms with Gasteiger partial charge in [-0.05, 0) is 29.7 Å². The second-order valence-corrected chi connectivity index (χ2v) is 4.87. The van der Waals surface area contributed by atoms with Gasteiger partial charge in [0.05, 0.1) is 5.56 Å². The molecule has 0 saturated heterocycles. The molecule has 0 radical (unpaired) electrons. The predicted molar refractivity (Wildman–Crippen MR) is 79.9 cm³/mol. The number of hydrogen-bond acceptors (Lipinski definition) is 2. The lowest BCUT2D eigenvalue weighted by atomic mass is 10.1. The molecule has 22 heavy (non-hydrogen) atoms. The number of anilines is 1. The molecule has 0 bridgehead atoms. The van der Waals surface area contributed by atoms with Crippen molar-refractivity contribution >= 4 is 16.5 Å². The number of alkyl halides is 3. The zero-order valence-electron chi connectivity index (χ0n) is 11.4. The molecular formula is C17H12F3NO. The van der Waals surface area contributed by atoms with E-state index in [1.807, 2.05) is 24.3 Å². The highest BCUT2D eigenvalue weighted by Gasteiger charge is 2.30. The number of benzene rings is 3. The molecule has 3 aromatic rings. The number of nitrogen functional groups attached to an aromatic ring is 1. The van der Waals surface area contributed by atoms with Gasteiger partial charge in [0.25, 0.3) is 0 Å². The number of nitrogens with two attached hydrogens (primary N) is 1. The minimum atomic E-state index is -4.41. The standard InChI is InChI=1S/C17H12F3NO/c18-17(19,20)12-5-3-6-14(9-12)22-16-10-13(21)8-11-4-1-2-7-15(11)16/h1-10H,21H2. The predicted octanol–water partition coefficient (Wildman–Crippen LogP) is 5.23. The van der Waals surface area contributed by atoms with Crippen LogP contribution in [0.25, 0.3) is 10.8 Å². The molecule has 5 heteroatoms. The van der Waals surface area contributed by atoms with Gasteiger partial charge in [-0.3, -0.25) is 0 Å². The fourth-order valence-electron chi connectivity index (χ4n) is 2.24. The molecule has 0 unspecified atom stereocenters. The van der Waals surface area contributed by atoms with Crippen LogP contribution in [0.5, 0.6) is 11.5 Å². The summed E-state index contributed by atoms with van der Waals surface area (Å²) in [5.41, 5.74) is 5.55. The summed E-state index contributed by atoms with van der Waals surface area (Å²) < 4.78 is 43.9. The van der Waals surface area contributed by atoms with Crippen LogP contribution < -0.4 is 10.5 Å². The van der Waals surface area contributed by atoms with Crippen LogP contribution in [0.3, 0.4) is 0 Å². The van der Waals surface area contributed by atoms with Crippen molar-refractivity contribution in [3.05, 3.63) is 66.2 Å². The Balaban J connectivity index is 2.04. The fourth-order valence-corrected chi connectivity index (χ4v) is 2.24. The summed E-state index contributed by atoms with van der Waals surface area (Å²) in [5.74, 6) is 0.542. The lowest BCUT2D eigenvalue weighted by Crippen LogP contribution is -2.04. The summed E-state index contributed by atoms with van der Waals surface area (Å²) in [6, 6.07) is 15.5. The van der Waals surface area contributed by atoms with E-state index in [4.69, 9.17) is 10.5 Å². The Kier molecular flexibility index (Phi) is 3.41. The number of rotatable bonds is 2. The van der Waals surface area contributed by atoms with Gasteiger partial charge in [0.15, 0.2) is 0 Å². The van der Waals surface area contributed by atoms with Crippen molar-refractivity contribution in [2.45, 2.75) is 6.18 Å². The van der Waals surface area contributed by atoms with Crippen LogP contribution in [0.1, 0.15) is 5.56 Å². The first-order valence-corrected chi connectivity index (χ1v) is 6.57. The zero-order valence-corrected chi connectivity index (χ0v) is 11.4. The molecule has 0 fully saturated rings. The first-order valence-electron chi connectivity index (χ1n) is 6.57. The Bertz CT molecular complexity index is 827. The monoisotopic (exact) mass is 303 g/mol. The molecule has 2 N–H and O–H groups in total. The topological polar surface area (TPSA) is 35.2 Å². The highest BCUT2D eigenvalue weighted by atomic mass is 19.4. The molecule has 0 aromatic heterocycles. The molecule has 3 aromatic carbocycles. The van der Waals surface area contributed by atoms with Crippen molar-refractivity contribution in [1.29, 1.82) is 0 Å². The molecule has 0 aliphatic heterocycles. The van der Waals surface area contributed by atoms with Crippen molar-refractivity contribution in [3.8, 4) is 11.5 Å². The molecule has 112 valence electrons. The maximum absolute atomic E-state index is 12.7. The Morgan fingerprint density at radius 1 is 0.864 bits per heavy atom. The second-order valence-electron chi connectivity index (χ2n) is 4.87. The van der Waals surface area contributed by atoms with Crippen LogP contribution in [0.2, 0.25) is 0 Å². The van der Waals surface area contributed by atoms with Crippen LogP contribution in [-0.2, 0) is 6.18 Å². The van der Waals surface area contributed by atoms with Crippen molar-refractivity contribution in [3.63, 3.8) is 0 Å². The van der Waals surface area contributed by atoms with E-state index in [1.165, 1.54) is 12.1 Å². The summed E-state index contributed by atoms with van der Waals surface area (Å²) in [7, 11) is 0. The number of halogens is 3. The average Bonchev–Trinajstić information content (AvgIpc) is 2.46. The first-order chi connectivity index (χ1) is 10.4. The molecule has 0 heterocycles. The first kappa shape index (κ1) is 14.3. The minimum absolute atomic E-state index is 0.116. The SMILES string of the molecule is Nc1cc(Oc2cccc(C(F)(F)F)c2)c2ccccc2c1. The van der Waals surface area contributed by atoms with Crippen LogP contribution in [-0.4, -0.2) is 0 Å². The third-order valence-corrected chi connectivity index (χ3v) is 3.24. The quantitative estimate of drug-likeness (QED) is 0.658. The van der Waals surface area contributed by atoms with E-state index in [1.54, 1.807) is 12.1 Å². The van der Waals surface area contributed by atoms with Gasteiger partial charge in [0.2, 0.25) is 0 Å². The van der Waals surface area contributed by atoms with E-state index < -0.39 is 11.7 Å². The highest BCUT2D eigenvalue weighted by Crippen LogP contribution is 2.35.